The van der Waals surface area contributed by atoms with Crippen molar-refractivity contribution in [1.82, 2.24) is 15.6 Å². The van der Waals surface area contributed by atoms with E-state index in [-0.39, 0.29) is 24.0 Å². The third-order valence-electron chi connectivity index (χ3n) is 5.24. The second-order valence-electron chi connectivity index (χ2n) is 7.56. The Labute approximate surface area is 209 Å². The highest BCUT2D eigenvalue weighted by molar-refractivity contribution is 14.0. The number of ether oxygens (including phenoxy) is 2. The van der Waals surface area contributed by atoms with Crippen molar-refractivity contribution >= 4 is 35.8 Å². The predicted molar refractivity (Wildman–Crippen MR) is 141 cm³/mol. The SMILES string of the molecule is CCOCCCNC(=NCc1ccc(N2CCCC2)nc1)NCc1ccc(OC)cc1.I. The van der Waals surface area contributed by atoms with E-state index in [0.717, 1.165) is 62.4 Å². The Bertz CT molecular complexity index is 793. The molecule has 1 aliphatic heterocycles. The van der Waals surface area contributed by atoms with Crippen LogP contribution in [0.1, 0.15) is 37.3 Å². The van der Waals surface area contributed by atoms with Gasteiger partial charge in [-0.3, -0.25) is 0 Å². The molecule has 2 N–H and O–H groups in total. The second-order valence-corrected chi connectivity index (χ2v) is 7.56. The largest absolute Gasteiger partial charge is 0.497 e. The normalized spacial score (nSPS) is 13.6. The molecule has 2 aromatic rings. The summed E-state index contributed by atoms with van der Waals surface area (Å²) in [5.41, 5.74) is 2.27. The van der Waals surface area contributed by atoms with Gasteiger partial charge in [0.15, 0.2) is 5.96 Å². The van der Waals surface area contributed by atoms with E-state index in [9.17, 15) is 0 Å². The minimum Gasteiger partial charge on any atom is -0.497 e. The van der Waals surface area contributed by atoms with Crippen LogP contribution in [0.4, 0.5) is 5.82 Å². The van der Waals surface area contributed by atoms with Crippen molar-refractivity contribution in [2.45, 2.75) is 39.3 Å². The fourth-order valence-corrected chi connectivity index (χ4v) is 3.44. The summed E-state index contributed by atoms with van der Waals surface area (Å²) < 4.78 is 10.7. The molecule has 0 spiro atoms. The maximum atomic E-state index is 5.42. The van der Waals surface area contributed by atoms with Gasteiger partial charge in [-0.15, -0.1) is 24.0 Å². The molecule has 1 aliphatic rings. The van der Waals surface area contributed by atoms with Gasteiger partial charge in [-0.1, -0.05) is 18.2 Å². The van der Waals surface area contributed by atoms with E-state index >= 15 is 0 Å². The Hall–Kier alpha value is -2.07. The van der Waals surface area contributed by atoms with Crippen molar-refractivity contribution < 1.29 is 9.47 Å². The summed E-state index contributed by atoms with van der Waals surface area (Å²) in [7, 11) is 1.68. The Morgan fingerprint density at radius 1 is 1.06 bits per heavy atom. The molecule has 1 saturated heterocycles. The van der Waals surface area contributed by atoms with Gasteiger partial charge in [0.05, 0.1) is 13.7 Å². The summed E-state index contributed by atoms with van der Waals surface area (Å²) in [6.45, 7) is 7.80. The Morgan fingerprint density at radius 2 is 1.81 bits per heavy atom. The predicted octanol–water partition coefficient (Wildman–Crippen LogP) is 3.97. The molecule has 1 aromatic carbocycles. The van der Waals surface area contributed by atoms with Crippen molar-refractivity contribution in [2.75, 3.05) is 44.9 Å². The minimum atomic E-state index is 0. The van der Waals surface area contributed by atoms with Crippen LogP contribution in [-0.2, 0) is 17.8 Å². The van der Waals surface area contributed by atoms with Crippen molar-refractivity contribution in [3.05, 3.63) is 53.7 Å². The molecule has 0 saturated carbocycles. The summed E-state index contributed by atoms with van der Waals surface area (Å²) in [6, 6.07) is 12.3. The molecule has 2 heterocycles. The smallest absolute Gasteiger partial charge is 0.191 e. The molecule has 0 atom stereocenters. The number of hydrogen-bond donors (Lipinski definition) is 2. The van der Waals surface area contributed by atoms with E-state index in [1.54, 1.807) is 7.11 Å². The highest BCUT2D eigenvalue weighted by Crippen LogP contribution is 2.17. The number of pyridine rings is 1. The fraction of sp³-hybridized carbons (Fsp3) is 0.500. The van der Waals surface area contributed by atoms with E-state index in [0.29, 0.717) is 13.1 Å². The molecule has 1 aromatic heterocycles. The van der Waals surface area contributed by atoms with Gasteiger partial charge in [-0.05, 0) is 55.5 Å². The topological polar surface area (TPSA) is 71.0 Å². The van der Waals surface area contributed by atoms with Crippen molar-refractivity contribution in [1.29, 1.82) is 0 Å². The monoisotopic (exact) mass is 553 g/mol. The summed E-state index contributed by atoms with van der Waals surface area (Å²) in [5, 5.41) is 6.82. The molecule has 1 fully saturated rings. The van der Waals surface area contributed by atoms with Crippen LogP contribution in [0.2, 0.25) is 0 Å². The lowest BCUT2D eigenvalue weighted by atomic mass is 10.2. The van der Waals surface area contributed by atoms with Crippen LogP contribution in [-0.4, -0.2) is 50.9 Å². The minimum absolute atomic E-state index is 0. The van der Waals surface area contributed by atoms with Gasteiger partial charge in [-0.2, -0.15) is 0 Å². The Kier molecular flexibility index (Phi) is 12.2. The number of guanidine groups is 1. The van der Waals surface area contributed by atoms with E-state index in [4.69, 9.17) is 14.5 Å². The summed E-state index contributed by atoms with van der Waals surface area (Å²) in [6.07, 6.45) is 5.38. The molecule has 7 nitrogen and oxygen atoms in total. The number of anilines is 1. The Balaban J connectivity index is 0.00000363. The highest BCUT2D eigenvalue weighted by Gasteiger charge is 2.12. The molecule has 3 rings (SSSR count). The molecule has 0 bridgehead atoms. The number of aliphatic imine (C=N–C) groups is 1. The van der Waals surface area contributed by atoms with Gasteiger partial charge in [0.25, 0.3) is 0 Å². The fourth-order valence-electron chi connectivity index (χ4n) is 3.44. The van der Waals surface area contributed by atoms with Gasteiger partial charge < -0.3 is 25.0 Å². The lowest BCUT2D eigenvalue weighted by Crippen LogP contribution is -2.37. The van der Waals surface area contributed by atoms with Crippen molar-refractivity contribution in [3.8, 4) is 5.75 Å². The maximum Gasteiger partial charge on any atom is 0.191 e. The molecular formula is C24H36IN5O2. The van der Waals surface area contributed by atoms with Gasteiger partial charge in [0.1, 0.15) is 11.6 Å². The van der Waals surface area contributed by atoms with Gasteiger partial charge in [-0.25, -0.2) is 9.98 Å². The zero-order valence-electron chi connectivity index (χ0n) is 19.2. The van der Waals surface area contributed by atoms with E-state index < -0.39 is 0 Å². The molecule has 0 amide bonds. The van der Waals surface area contributed by atoms with Crippen LogP contribution < -0.4 is 20.3 Å². The van der Waals surface area contributed by atoms with E-state index in [1.807, 2.05) is 25.3 Å². The number of halogens is 1. The van der Waals surface area contributed by atoms with Crippen LogP contribution in [0.15, 0.2) is 47.6 Å². The van der Waals surface area contributed by atoms with Gasteiger partial charge in [0.2, 0.25) is 0 Å². The number of nitrogens with one attached hydrogen (secondary N) is 2. The number of hydrogen-bond acceptors (Lipinski definition) is 5. The molecule has 32 heavy (non-hydrogen) atoms. The number of benzene rings is 1. The van der Waals surface area contributed by atoms with Crippen LogP contribution in [0, 0.1) is 0 Å². The van der Waals surface area contributed by atoms with Crippen LogP contribution in [0.5, 0.6) is 5.75 Å². The number of methoxy groups -OCH3 is 1. The standard InChI is InChI=1S/C24H35N5O2.HI/c1-3-31-16-6-13-25-24(27-17-20-7-10-22(30-2)11-8-20)28-19-21-9-12-23(26-18-21)29-14-4-5-15-29;/h7-12,18H,3-6,13-17,19H2,1-2H3,(H2,25,27,28);1H. The first-order chi connectivity index (χ1) is 15.3. The first kappa shape index (κ1) is 26.2. The zero-order chi connectivity index (χ0) is 21.7. The van der Waals surface area contributed by atoms with Crippen LogP contribution >= 0.6 is 24.0 Å². The van der Waals surface area contributed by atoms with Gasteiger partial charge >= 0.3 is 0 Å². The maximum absolute atomic E-state index is 5.42. The van der Waals surface area contributed by atoms with Gasteiger partial charge in [0, 0.05) is 45.6 Å². The number of rotatable bonds is 11. The Morgan fingerprint density at radius 3 is 2.47 bits per heavy atom. The third-order valence-corrected chi connectivity index (χ3v) is 5.24. The first-order valence-corrected chi connectivity index (χ1v) is 11.2. The molecule has 8 heteroatoms. The third kappa shape index (κ3) is 8.82. The molecular weight excluding hydrogens is 517 g/mol. The summed E-state index contributed by atoms with van der Waals surface area (Å²) >= 11 is 0. The summed E-state index contributed by atoms with van der Waals surface area (Å²) in [5.74, 6) is 2.71. The zero-order valence-corrected chi connectivity index (χ0v) is 21.5. The average Bonchev–Trinajstić information content (AvgIpc) is 3.36. The molecule has 0 unspecified atom stereocenters. The molecule has 176 valence electrons. The average molecular weight is 553 g/mol. The molecule has 0 radical (unpaired) electrons. The second kappa shape index (κ2) is 14.9. The first-order valence-electron chi connectivity index (χ1n) is 11.2. The van der Waals surface area contributed by atoms with E-state index in [1.165, 1.54) is 18.4 Å². The summed E-state index contributed by atoms with van der Waals surface area (Å²) in [4.78, 5) is 11.7. The van der Waals surface area contributed by atoms with Crippen LogP contribution in [0.3, 0.4) is 0 Å². The molecule has 0 aliphatic carbocycles. The lowest BCUT2D eigenvalue weighted by molar-refractivity contribution is 0.145. The highest BCUT2D eigenvalue weighted by atomic mass is 127. The van der Waals surface area contributed by atoms with Crippen molar-refractivity contribution in [2.24, 2.45) is 4.99 Å². The number of aromatic nitrogens is 1. The number of nitrogens with zero attached hydrogens (tertiary/aromatic N) is 3. The van der Waals surface area contributed by atoms with E-state index in [2.05, 4.69) is 44.8 Å². The van der Waals surface area contributed by atoms with Crippen molar-refractivity contribution in [3.63, 3.8) is 0 Å². The van der Waals surface area contributed by atoms with Crippen LogP contribution in [0.25, 0.3) is 0 Å². The lowest BCUT2D eigenvalue weighted by Gasteiger charge is -2.16. The quantitative estimate of drug-likeness (QED) is 0.190.